The molecule has 0 atom stereocenters. The molecule has 3 heterocycles. The fourth-order valence-electron chi connectivity index (χ4n) is 3.48. The van der Waals surface area contributed by atoms with Crippen LogP contribution in [0.2, 0.25) is 0 Å². The Morgan fingerprint density at radius 2 is 1.21 bits per heavy atom. The second-order valence-corrected chi connectivity index (χ2v) is 8.62. The third-order valence-electron chi connectivity index (χ3n) is 4.86. The molecule has 3 aromatic heterocycles. The first kappa shape index (κ1) is 17.9. The molecule has 0 fully saturated rings. The molecule has 3 aromatic rings. The minimum Gasteiger partial charge on any atom is -0.246 e. The lowest BCUT2D eigenvalue weighted by Crippen LogP contribution is -1.89. The van der Waals surface area contributed by atoms with Gasteiger partial charge in [0.15, 0.2) is 0 Å². The number of hydrogen-bond acceptors (Lipinski definition) is 3. The molecule has 0 N–H and O–H groups in total. The number of pyridine rings is 1. The molecule has 0 aliphatic heterocycles. The summed E-state index contributed by atoms with van der Waals surface area (Å²) in [6.07, 6.45) is 15.3. The average molecular weight is 360 g/mol. The maximum Gasteiger partial charge on any atom is 0.0820 e. The van der Waals surface area contributed by atoms with Crippen molar-refractivity contribution in [3.63, 3.8) is 0 Å². The molecule has 3 rings (SSSR count). The van der Waals surface area contributed by atoms with E-state index in [9.17, 15) is 0 Å². The fourth-order valence-corrected chi connectivity index (χ4v) is 5.37. The number of thiophene rings is 2. The molecule has 3 heteroatoms. The summed E-state index contributed by atoms with van der Waals surface area (Å²) in [6.45, 7) is 2.29. The molecule has 0 bridgehead atoms. The van der Waals surface area contributed by atoms with Gasteiger partial charge in [0.05, 0.1) is 20.4 Å². The summed E-state index contributed by atoms with van der Waals surface area (Å²) in [5.41, 5.74) is 3.93. The van der Waals surface area contributed by atoms with Gasteiger partial charge >= 0.3 is 0 Å². The largest absolute Gasteiger partial charge is 0.246 e. The van der Waals surface area contributed by atoms with E-state index in [0.717, 1.165) is 0 Å². The lowest BCUT2D eigenvalue weighted by Gasteiger charge is -2.06. The van der Waals surface area contributed by atoms with Crippen LogP contribution in [0.4, 0.5) is 0 Å². The normalized spacial score (nSPS) is 11.7. The van der Waals surface area contributed by atoms with E-state index in [-0.39, 0.29) is 0 Å². The van der Waals surface area contributed by atoms with E-state index in [1.807, 2.05) is 22.7 Å². The van der Waals surface area contributed by atoms with E-state index in [1.165, 1.54) is 91.1 Å². The minimum atomic E-state index is 1.19. The highest BCUT2D eigenvalue weighted by Gasteiger charge is 2.11. The molecule has 1 nitrogen and oxygen atoms in total. The van der Waals surface area contributed by atoms with Crippen molar-refractivity contribution in [3.8, 4) is 0 Å². The van der Waals surface area contributed by atoms with Crippen LogP contribution >= 0.6 is 22.7 Å². The van der Waals surface area contributed by atoms with E-state index in [1.54, 1.807) is 5.56 Å². The number of aromatic nitrogens is 1. The van der Waals surface area contributed by atoms with Crippen LogP contribution in [0.1, 0.15) is 76.7 Å². The summed E-state index contributed by atoms with van der Waals surface area (Å²) in [4.78, 5) is 4.78. The lowest BCUT2D eigenvalue weighted by atomic mass is 10.0. The van der Waals surface area contributed by atoms with E-state index < -0.39 is 0 Å². The molecule has 0 radical (unpaired) electrons. The summed E-state index contributed by atoms with van der Waals surface area (Å²) in [5.74, 6) is 0. The lowest BCUT2D eigenvalue weighted by molar-refractivity contribution is 0.557. The molecule has 0 saturated carbocycles. The van der Waals surface area contributed by atoms with Crippen LogP contribution in [0.15, 0.2) is 22.9 Å². The molecule has 0 amide bonds. The standard InChI is InChI=1S/C21H29NS2/c1-2-3-4-5-6-7-8-9-10-11-12-17-20-18(13-15-23-20)22-19-14-16-24-21(17)19/h13-16H,2-12H2,1H3. The van der Waals surface area contributed by atoms with Gasteiger partial charge in [0.25, 0.3) is 0 Å². The number of aryl methyl sites for hydroxylation is 1. The van der Waals surface area contributed by atoms with Gasteiger partial charge in [0.1, 0.15) is 0 Å². The van der Waals surface area contributed by atoms with E-state index in [0.29, 0.717) is 0 Å². The van der Waals surface area contributed by atoms with Crippen molar-refractivity contribution in [2.24, 2.45) is 0 Å². The highest BCUT2D eigenvalue weighted by molar-refractivity contribution is 7.19. The highest BCUT2D eigenvalue weighted by Crippen LogP contribution is 2.34. The number of fused-ring (bicyclic) bond motifs is 2. The molecular formula is C21H29NS2. The Morgan fingerprint density at radius 1 is 0.708 bits per heavy atom. The van der Waals surface area contributed by atoms with E-state index >= 15 is 0 Å². The summed E-state index contributed by atoms with van der Waals surface area (Å²) >= 11 is 3.72. The summed E-state index contributed by atoms with van der Waals surface area (Å²) in [7, 11) is 0. The first-order chi connectivity index (χ1) is 11.9. The Labute approximate surface area is 154 Å². The maximum absolute atomic E-state index is 4.78. The van der Waals surface area contributed by atoms with Crippen LogP contribution in [-0.4, -0.2) is 4.98 Å². The first-order valence-corrected chi connectivity index (χ1v) is 11.4. The zero-order valence-electron chi connectivity index (χ0n) is 14.9. The molecule has 0 saturated heterocycles. The van der Waals surface area contributed by atoms with Gasteiger partial charge in [0.2, 0.25) is 0 Å². The zero-order chi connectivity index (χ0) is 16.6. The third-order valence-corrected chi connectivity index (χ3v) is 6.79. The van der Waals surface area contributed by atoms with E-state index in [4.69, 9.17) is 4.98 Å². The molecular weight excluding hydrogens is 330 g/mol. The minimum absolute atomic E-state index is 1.19. The summed E-state index contributed by atoms with van der Waals surface area (Å²) in [6, 6.07) is 4.33. The summed E-state index contributed by atoms with van der Waals surface area (Å²) < 4.78 is 2.83. The Bertz CT molecular complexity index is 692. The van der Waals surface area contributed by atoms with Crippen molar-refractivity contribution in [1.82, 2.24) is 4.98 Å². The Hall–Kier alpha value is -0.930. The quantitative estimate of drug-likeness (QED) is 0.316. The predicted octanol–water partition coefficient (Wildman–Crippen LogP) is 7.97. The van der Waals surface area contributed by atoms with Gasteiger partial charge < -0.3 is 0 Å². The summed E-state index contributed by atoms with van der Waals surface area (Å²) in [5, 5.41) is 4.37. The van der Waals surface area contributed by atoms with Crippen LogP contribution in [0, 0.1) is 0 Å². The Morgan fingerprint density at radius 3 is 1.75 bits per heavy atom. The van der Waals surface area contributed by atoms with Crippen molar-refractivity contribution in [2.75, 3.05) is 0 Å². The van der Waals surface area contributed by atoms with Crippen LogP contribution in [-0.2, 0) is 6.42 Å². The van der Waals surface area contributed by atoms with Gasteiger partial charge in [-0.1, -0.05) is 64.7 Å². The smallest absolute Gasteiger partial charge is 0.0820 e. The monoisotopic (exact) mass is 359 g/mol. The van der Waals surface area contributed by atoms with Crippen molar-refractivity contribution >= 4 is 43.1 Å². The van der Waals surface area contributed by atoms with Crippen molar-refractivity contribution in [3.05, 3.63) is 28.5 Å². The third kappa shape index (κ3) is 4.58. The maximum atomic E-state index is 4.78. The molecule has 0 aliphatic carbocycles. The Balaban J connectivity index is 1.43. The molecule has 0 aromatic carbocycles. The van der Waals surface area contributed by atoms with Crippen LogP contribution in [0.3, 0.4) is 0 Å². The van der Waals surface area contributed by atoms with Crippen molar-refractivity contribution < 1.29 is 0 Å². The van der Waals surface area contributed by atoms with Gasteiger partial charge in [-0.25, -0.2) is 4.98 Å². The van der Waals surface area contributed by atoms with Crippen LogP contribution in [0.5, 0.6) is 0 Å². The average Bonchev–Trinajstić information content (AvgIpc) is 3.24. The zero-order valence-corrected chi connectivity index (χ0v) is 16.5. The number of unbranched alkanes of at least 4 members (excludes halogenated alkanes) is 9. The predicted molar refractivity (Wildman–Crippen MR) is 111 cm³/mol. The molecule has 0 aliphatic rings. The number of hydrogen-bond donors (Lipinski definition) is 0. The molecule has 24 heavy (non-hydrogen) atoms. The van der Waals surface area contributed by atoms with Crippen LogP contribution < -0.4 is 0 Å². The second-order valence-electron chi connectivity index (χ2n) is 6.79. The highest BCUT2D eigenvalue weighted by atomic mass is 32.1. The fraction of sp³-hybridized carbons (Fsp3) is 0.571. The van der Waals surface area contributed by atoms with Gasteiger partial charge in [-0.3, -0.25) is 0 Å². The van der Waals surface area contributed by atoms with Crippen LogP contribution in [0.25, 0.3) is 20.4 Å². The van der Waals surface area contributed by atoms with Gasteiger partial charge in [-0.2, -0.15) is 0 Å². The van der Waals surface area contributed by atoms with E-state index in [2.05, 4.69) is 29.8 Å². The van der Waals surface area contributed by atoms with Crippen molar-refractivity contribution in [1.29, 1.82) is 0 Å². The van der Waals surface area contributed by atoms with Gasteiger partial charge in [0, 0.05) is 0 Å². The number of nitrogens with zero attached hydrogens (tertiary/aromatic N) is 1. The molecule has 130 valence electrons. The topological polar surface area (TPSA) is 12.9 Å². The Kier molecular flexibility index (Phi) is 7.10. The molecule has 0 unspecified atom stereocenters. The second kappa shape index (κ2) is 9.53. The van der Waals surface area contributed by atoms with Gasteiger partial charge in [-0.05, 0) is 41.3 Å². The first-order valence-electron chi connectivity index (χ1n) is 9.63. The van der Waals surface area contributed by atoms with Gasteiger partial charge in [-0.15, -0.1) is 22.7 Å². The number of rotatable bonds is 11. The SMILES string of the molecule is CCCCCCCCCCCCc1c2sccc2nc2ccsc12. The molecule has 0 spiro atoms. The van der Waals surface area contributed by atoms with Crippen molar-refractivity contribution in [2.45, 2.75) is 77.6 Å².